The first-order valence-corrected chi connectivity index (χ1v) is 6.52. The number of halogens is 4. The minimum absolute atomic E-state index is 0.0160. The second-order valence-corrected chi connectivity index (χ2v) is 5.25. The molecule has 0 aromatic heterocycles. The summed E-state index contributed by atoms with van der Waals surface area (Å²) in [5, 5.41) is 19.3. The average molecular weight is 339 g/mol. The second-order valence-electron chi connectivity index (χ2n) is 4.85. The van der Waals surface area contributed by atoms with Gasteiger partial charge in [0.15, 0.2) is 0 Å². The smallest absolute Gasteiger partial charge is 0.418 e. The van der Waals surface area contributed by atoms with Crippen molar-refractivity contribution in [1.29, 1.82) is 0 Å². The van der Waals surface area contributed by atoms with Gasteiger partial charge in [-0.05, 0) is 12.5 Å². The minimum atomic E-state index is -4.81. The number of nitrogens with zero attached hydrogens (tertiary/aromatic N) is 2. The molecule has 1 aliphatic rings. The van der Waals surface area contributed by atoms with E-state index in [0.29, 0.717) is 6.07 Å². The molecule has 10 heteroatoms. The summed E-state index contributed by atoms with van der Waals surface area (Å²) in [6.07, 6.45) is -4.56. The fraction of sp³-hybridized carbons (Fsp3) is 0.417. The maximum Gasteiger partial charge on any atom is 0.418 e. The Morgan fingerprint density at radius 1 is 1.45 bits per heavy atom. The Hall–Kier alpha value is -2.03. The molecule has 0 amide bonds. The Morgan fingerprint density at radius 3 is 2.55 bits per heavy atom. The van der Waals surface area contributed by atoms with E-state index in [2.05, 4.69) is 0 Å². The molecule has 1 saturated heterocycles. The predicted octanol–water partition coefficient (Wildman–Crippen LogP) is 3.18. The van der Waals surface area contributed by atoms with Crippen molar-refractivity contribution < 1.29 is 28.0 Å². The van der Waals surface area contributed by atoms with Gasteiger partial charge >= 0.3 is 12.1 Å². The lowest BCUT2D eigenvalue weighted by molar-refractivity contribution is -0.384. The highest BCUT2D eigenvalue weighted by molar-refractivity contribution is 6.31. The van der Waals surface area contributed by atoms with Crippen LogP contribution in [0.2, 0.25) is 5.02 Å². The van der Waals surface area contributed by atoms with Crippen LogP contribution in [0.15, 0.2) is 12.1 Å². The largest absolute Gasteiger partial charge is 0.481 e. The summed E-state index contributed by atoms with van der Waals surface area (Å²) in [5.74, 6) is -1.77. The predicted molar refractivity (Wildman–Crippen MR) is 71.1 cm³/mol. The highest BCUT2D eigenvalue weighted by atomic mass is 35.5. The number of aliphatic carboxylic acids is 1. The summed E-state index contributed by atoms with van der Waals surface area (Å²) >= 11 is 5.58. The molecular formula is C12H10ClF3N2O4. The number of nitro benzene ring substituents is 1. The van der Waals surface area contributed by atoms with Crippen molar-refractivity contribution in [1.82, 2.24) is 0 Å². The topological polar surface area (TPSA) is 83.7 Å². The van der Waals surface area contributed by atoms with Gasteiger partial charge in [0.1, 0.15) is 5.69 Å². The number of alkyl halides is 3. The van der Waals surface area contributed by atoms with Crippen LogP contribution >= 0.6 is 11.6 Å². The summed E-state index contributed by atoms with van der Waals surface area (Å²) in [5.41, 5.74) is -2.15. The number of carboxylic acids is 1. The van der Waals surface area contributed by atoms with Gasteiger partial charge in [-0.1, -0.05) is 11.6 Å². The van der Waals surface area contributed by atoms with Gasteiger partial charge in [0.25, 0.3) is 5.69 Å². The molecule has 22 heavy (non-hydrogen) atoms. The van der Waals surface area contributed by atoms with Gasteiger partial charge < -0.3 is 10.0 Å². The summed E-state index contributed by atoms with van der Waals surface area (Å²) in [7, 11) is 0. The van der Waals surface area contributed by atoms with E-state index in [1.807, 2.05) is 0 Å². The number of hydrogen-bond acceptors (Lipinski definition) is 4. The van der Waals surface area contributed by atoms with E-state index in [1.54, 1.807) is 0 Å². The average Bonchev–Trinajstić information content (AvgIpc) is 2.85. The Kier molecular flexibility index (Phi) is 4.19. The molecule has 1 aromatic carbocycles. The van der Waals surface area contributed by atoms with E-state index in [-0.39, 0.29) is 25.2 Å². The van der Waals surface area contributed by atoms with Crippen molar-refractivity contribution in [2.45, 2.75) is 12.6 Å². The maximum atomic E-state index is 12.8. The number of benzene rings is 1. The third-order valence-corrected chi connectivity index (χ3v) is 3.76. The van der Waals surface area contributed by atoms with Crippen molar-refractivity contribution in [3.63, 3.8) is 0 Å². The lowest BCUT2D eigenvalue weighted by Gasteiger charge is -2.19. The van der Waals surface area contributed by atoms with E-state index >= 15 is 0 Å². The zero-order valence-electron chi connectivity index (χ0n) is 10.9. The van der Waals surface area contributed by atoms with Crippen LogP contribution in [0.3, 0.4) is 0 Å². The summed E-state index contributed by atoms with van der Waals surface area (Å²) in [6.45, 7) is 0.178. The first kappa shape index (κ1) is 16.3. The van der Waals surface area contributed by atoms with Crippen molar-refractivity contribution in [2.75, 3.05) is 18.0 Å². The molecule has 0 aliphatic carbocycles. The Bertz CT molecular complexity index is 636. The third-order valence-electron chi connectivity index (χ3n) is 3.44. The minimum Gasteiger partial charge on any atom is -0.481 e. The van der Waals surface area contributed by atoms with Crippen molar-refractivity contribution in [2.24, 2.45) is 5.92 Å². The van der Waals surface area contributed by atoms with Gasteiger partial charge in [0.2, 0.25) is 0 Å². The molecule has 1 heterocycles. The third kappa shape index (κ3) is 3.08. The van der Waals surface area contributed by atoms with Gasteiger partial charge in [-0.3, -0.25) is 14.9 Å². The molecule has 1 fully saturated rings. The van der Waals surface area contributed by atoms with E-state index in [9.17, 15) is 28.1 Å². The quantitative estimate of drug-likeness (QED) is 0.676. The molecule has 1 atom stereocenters. The molecule has 0 saturated carbocycles. The normalized spacial score (nSPS) is 18.5. The van der Waals surface area contributed by atoms with Crippen LogP contribution in [0.5, 0.6) is 0 Å². The molecule has 1 N–H and O–H groups in total. The Labute approximate surface area is 127 Å². The number of carboxylic acid groups (broad SMARTS) is 1. The summed E-state index contributed by atoms with van der Waals surface area (Å²) < 4.78 is 38.3. The highest BCUT2D eigenvalue weighted by Crippen LogP contribution is 2.42. The highest BCUT2D eigenvalue weighted by Gasteiger charge is 2.38. The van der Waals surface area contributed by atoms with Crippen molar-refractivity contribution >= 4 is 28.9 Å². The van der Waals surface area contributed by atoms with E-state index < -0.39 is 39.3 Å². The second kappa shape index (κ2) is 5.64. The van der Waals surface area contributed by atoms with Crippen LogP contribution in [0, 0.1) is 16.0 Å². The molecule has 0 spiro atoms. The molecule has 0 bridgehead atoms. The van der Waals surface area contributed by atoms with E-state index in [0.717, 1.165) is 6.07 Å². The molecular weight excluding hydrogens is 329 g/mol. The lowest BCUT2D eigenvalue weighted by atomic mass is 10.1. The number of carbonyl (C=O) groups is 1. The zero-order valence-corrected chi connectivity index (χ0v) is 11.7. The summed E-state index contributed by atoms with van der Waals surface area (Å²) in [4.78, 5) is 22.4. The number of rotatable bonds is 3. The van der Waals surface area contributed by atoms with E-state index in [4.69, 9.17) is 16.7 Å². The molecule has 0 radical (unpaired) electrons. The fourth-order valence-corrected chi connectivity index (χ4v) is 2.61. The summed E-state index contributed by atoms with van der Waals surface area (Å²) in [6, 6.07) is 1.25. The molecule has 6 nitrogen and oxygen atoms in total. The lowest BCUT2D eigenvalue weighted by Crippen LogP contribution is -2.23. The van der Waals surface area contributed by atoms with Crippen LogP contribution in [-0.2, 0) is 11.0 Å². The van der Waals surface area contributed by atoms with Crippen LogP contribution in [0.1, 0.15) is 12.0 Å². The number of hydrogen-bond donors (Lipinski definition) is 1. The Morgan fingerprint density at radius 2 is 2.09 bits per heavy atom. The molecule has 2 rings (SSSR count). The standard InChI is InChI=1S/C12H10ClF3N2O4/c13-8-4-9(17-2-1-6(5-17)11(19)20)10(18(21)22)3-7(8)12(14,15)16/h3-4,6H,1-2,5H2,(H,19,20). The fourth-order valence-electron chi connectivity index (χ4n) is 2.35. The number of nitro groups is 1. The monoisotopic (exact) mass is 338 g/mol. The first-order valence-electron chi connectivity index (χ1n) is 6.14. The van der Waals surface area contributed by atoms with Gasteiger partial charge in [-0.15, -0.1) is 0 Å². The first-order chi connectivity index (χ1) is 10.1. The maximum absolute atomic E-state index is 12.8. The Balaban J connectivity index is 2.46. The van der Waals surface area contributed by atoms with Crippen LogP contribution < -0.4 is 4.90 Å². The van der Waals surface area contributed by atoms with Crippen molar-refractivity contribution in [3.05, 3.63) is 32.8 Å². The molecule has 1 unspecified atom stereocenters. The number of anilines is 1. The van der Waals surface area contributed by atoms with Crippen LogP contribution in [0.25, 0.3) is 0 Å². The molecule has 1 aliphatic heterocycles. The van der Waals surface area contributed by atoms with Gasteiger partial charge in [-0.25, -0.2) is 0 Å². The molecule has 1 aromatic rings. The van der Waals surface area contributed by atoms with E-state index in [1.165, 1.54) is 4.90 Å². The van der Waals surface area contributed by atoms with Crippen molar-refractivity contribution in [3.8, 4) is 0 Å². The van der Waals surface area contributed by atoms with Crippen LogP contribution in [-0.4, -0.2) is 29.1 Å². The SMILES string of the molecule is O=C(O)C1CCN(c2cc(Cl)c(C(F)(F)F)cc2[N+](=O)[O-])C1. The molecule has 120 valence electrons. The van der Waals surface area contributed by atoms with Gasteiger partial charge in [0.05, 0.1) is 21.4 Å². The van der Waals surface area contributed by atoms with Gasteiger partial charge in [0, 0.05) is 19.2 Å². The zero-order chi connectivity index (χ0) is 16.7. The van der Waals surface area contributed by atoms with Gasteiger partial charge in [-0.2, -0.15) is 13.2 Å². The van der Waals surface area contributed by atoms with Crippen LogP contribution in [0.4, 0.5) is 24.5 Å².